The summed E-state index contributed by atoms with van der Waals surface area (Å²) in [6, 6.07) is 9.95. The largest absolute Gasteiger partial charge is 0.490 e. The van der Waals surface area contributed by atoms with Gasteiger partial charge in [0.15, 0.2) is 18.1 Å². The van der Waals surface area contributed by atoms with Crippen LogP contribution in [-0.4, -0.2) is 43.0 Å². The molecule has 0 saturated carbocycles. The van der Waals surface area contributed by atoms with E-state index in [1.54, 1.807) is 36.4 Å². The first kappa shape index (κ1) is 23.2. The zero-order chi connectivity index (χ0) is 21.9. The summed E-state index contributed by atoms with van der Waals surface area (Å²) >= 11 is 3.31. The Balaban J connectivity index is 2.02. The van der Waals surface area contributed by atoms with E-state index >= 15 is 0 Å². The van der Waals surface area contributed by atoms with E-state index in [0.717, 1.165) is 6.42 Å². The summed E-state index contributed by atoms with van der Waals surface area (Å²) in [5.41, 5.74) is 3.53. The number of hydrazone groups is 1. The lowest BCUT2D eigenvalue weighted by Gasteiger charge is -2.12. The molecular weight excluding hydrogens is 456 g/mol. The predicted molar refractivity (Wildman–Crippen MR) is 116 cm³/mol. The third kappa shape index (κ3) is 7.07. The average molecular weight is 479 g/mol. The molecular formula is C21H23BrN2O6. The van der Waals surface area contributed by atoms with Crippen LogP contribution in [0.5, 0.6) is 17.2 Å². The summed E-state index contributed by atoms with van der Waals surface area (Å²) in [5, 5.41) is 12.6. The molecule has 8 nitrogen and oxygen atoms in total. The minimum absolute atomic E-state index is 0.387. The summed E-state index contributed by atoms with van der Waals surface area (Å²) in [5.74, 6) is 0.0344. The predicted octanol–water partition coefficient (Wildman–Crippen LogP) is 3.86. The van der Waals surface area contributed by atoms with Crippen molar-refractivity contribution in [2.24, 2.45) is 5.10 Å². The first-order valence-corrected chi connectivity index (χ1v) is 10.1. The van der Waals surface area contributed by atoms with Crippen molar-refractivity contribution in [1.82, 2.24) is 5.43 Å². The molecule has 9 heteroatoms. The summed E-state index contributed by atoms with van der Waals surface area (Å²) in [6.07, 6.45) is 2.33. The molecule has 2 N–H and O–H groups in total. The molecule has 0 spiro atoms. The minimum Gasteiger partial charge on any atom is -0.490 e. The van der Waals surface area contributed by atoms with Crippen LogP contribution < -0.4 is 19.6 Å². The van der Waals surface area contributed by atoms with Crippen LogP contribution in [0.3, 0.4) is 0 Å². The highest BCUT2D eigenvalue weighted by molar-refractivity contribution is 9.10. The molecule has 2 aromatic rings. The van der Waals surface area contributed by atoms with Crippen molar-refractivity contribution in [1.29, 1.82) is 0 Å². The van der Waals surface area contributed by atoms with Gasteiger partial charge in [0.1, 0.15) is 5.75 Å². The maximum Gasteiger partial charge on any atom is 0.341 e. The van der Waals surface area contributed by atoms with Gasteiger partial charge in [-0.25, -0.2) is 10.2 Å². The Labute approximate surface area is 183 Å². The van der Waals surface area contributed by atoms with Gasteiger partial charge in [-0.1, -0.05) is 6.92 Å². The summed E-state index contributed by atoms with van der Waals surface area (Å²) in [4.78, 5) is 23.0. The van der Waals surface area contributed by atoms with Gasteiger partial charge in [-0.15, -0.1) is 0 Å². The van der Waals surface area contributed by atoms with Crippen LogP contribution in [0.25, 0.3) is 0 Å². The Bertz CT molecular complexity index is 916. The van der Waals surface area contributed by atoms with Gasteiger partial charge in [-0.05, 0) is 71.2 Å². The fourth-order valence-electron chi connectivity index (χ4n) is 2.33. The Morgan fingerprint density at radius 3 is 2.50 bits per heavy atom. The second kappa shape index (κ2) is 11.8. The van der Waals surface area contributed by atoms with Crippen LogP contribution >= 0.6 is 15.9 Å². The minimum atomic E-state index is -1.06. The zero-order valence-electron chi connectivity index (χ0n) is 16.7. The van der Waals surface area contributed by atoms with Gasteiger partial charge in [-0.2, -0.15) is 5.10 Å². The van der Waals surface area contributed by atoms with E-state index in [-0.39, 0.29) is 0 Å². The molecule has 0 aromatic heterocycles. The van der Waals surface area contributed by atoms with Crippen LogP contribution in [0.2, 0.25) is 0 Å². The number of nitrogens with zero attached hydrogens (tertiary/aromatic N) is 1. The molecule has 1 amide bonds. The summed E-state index contributed by atoms with van der Waals surface area (Å²) < 4.78 is 16.9. The van der Waals surface area contributed by atoms with E-state index in [1.807, 2.05) is 13.8 Å². The molecule has 0 bridgehead atoms. The molecule has 0 radical (unpaired) electrons. The number of carbonyl (C=O) groups is 2. The van der Waals surface area contributed by atoms with E-state index in [4.69, 9.17) is 19.3 Å². The van der Waals surface area contributed by atoms with Gasteiger partial charge in [0.25, 0.3) is 5.91 Å². The number of hydrogen-bond acceptors (Lipinski definition) is 6. The second-order valence-corrected chi connectivity index (χ2v) is 6.87. The van der Waals surface area contributed by atoms with Gasteiger partial charge < -0.3 is 19.3 Å². The number of benzene rings is 2. The lowest BCUT2D eigenvalue weighted by molar-refractivity contribution is -0.139. The third-order valence-corrected chi connectivity index (χ3v) is 4.27. The fourth-order valence-corrected chi connectivity index (χ4v) is 2.84. The van der Waals surface area contributed by atoms with E-state index in [2.05, 4.69) is 26.5 Å². The zero-order valence-corrected chi connectivity index (χ0v) is 18.3. The standard InChI is InChI=1S/C21H23BrN2O6/c1-3-9-29-18-8-6-15(11-19(18)28-4-2)21(27)24-23-12-14-5-7-17(16(22)10-14)30-13-20(25)26/h5-8,10-12H,3-4,9,13H2,1-2H3,(H,24,27)(H,25,26)/b23-12+. The van der Waals surface area contributed by atoms with E-state index < -0.39 is 18.5 Å². The molecule has 0 aliphatic heterocycles. The summed E-state index contributed by atoms with van der Waals surface area (Å²) in [6.45, 7) is 4.44. The fraction of sp³-hybridized carbons (Fsp3) is 0.286. The summed E-state index contributed by atoms with van der Waals surface area (Å²) in [7, 11) is 0. The SMILES string of the molecule is CCCOc1ccc(C(=O)N/N=C/c2ccc(OCC(=O)O)c(Br)c2)cc1OCC. The van der Waals surface area contributed by atoms with Gasteiger partial charge in [0.2, 0.25) is 0 Å². The van der Waals surface area contributed by atoms with Gasteiger partial charge in [-0.3, -0.25) is 4.79 Å². The molecule has 2 rings (SSSR count). The van der Waals surface area contributed by atoms with E-state index in [1.165, 1.54) is 6.21 Å². The quantitative estimate of drug-likeness (QED) is 0.375. The smallest absolute Gasteiger partial charge is 0.341 e. The first-order chi connectivity index (χ1) is 14.4. The molecule has 0 saturated heterocycles. The number of amides is 1. The maximum absolute atomic E-state index is 12.4. The third-order valence-electron chi connectivity index (χ3n) is 3.65. The topological polar surface area (TPSA) is 106 Å². The van der Waals surface area contributed by atoms with Gasteiger partial charge in [0, 0.05) is 5.56 Å². The normalized spacial score (nSPS) is 10.6. The van der Waals surface area contributed by atoms with Crippen LogP contribution in [-0.2, 0) is 4.79 Å². The monoisotopic (exact) mass is 478 g/mol. The maximum atomic E-state index is 12.4. The highest BCUT2D eigenvalue weighted by Crippen LogP contribution is 2.29. The Hall–Kier alpha value is -3.07. The second-order valence-electron chi connectivity index (χ2n) is 6.01. The number of halogens is 1. The van der Waals surface area contributed by atoms with Gasteiger partial charge >= 0.3 is 5.97 Å². The number of carboxylic acids is 1. The van der Waals surface area contributed by atoms with Gasteiger partial charge in [0.05, 0.1) is 23.9 Å². The first-order valence-electron chi connectivity index (χ1n) is 9.31. The van der Waals surface area contributed by atoms with Crippen molar-refractivity contribution in [2.45, 2.75) is 20.3 Å². The van der Waals surface area contributed by atoms with E-state index in [9.17, 15) is 9.59 Å². The van der Waals surface area contributed by atoms with Crippen molar-refractivity contribution >= 4 is 34.0 Å². The van der Waals surface area contributed by atoms with E-state index in [0.29, 0.717) is 46.1 Å². The lowest BCUT2D eigenvalue weighted by Crippen LogP contribution is -2.17. The molecule has 30 heavy (non-hydrogen) atoms. The van der Waals surface area contributed by atoms with Crippen molar-refractivity contribution in [3.8, 4) is 17.2 Å². The Morgan fingerprint density at radius 2 is 1.83 bits per heavy atom. The molecule has 0 heterocycles. The molecule has 160 valence electrons. The number of nitrogens with one attached hydrogen (secondary N) is 1. The molecule has 0 aliphatic carbocycles. The van der Waals surface area contributed by atoms with Crippen LogP contribution in [0.4, 0.5) is 0 Å². The average Bonchev–Trinajstić information content (AvgIpc) is 2.72. The number of carbonyl (C=O) groups excluding carboxylic acids is 1. The number of hydrogen-bond donors (Lipinski definition) is 2. The van der Waals surface area contributed by atoms with Crippen LogP contribution in [0, 0.1) is 0 Å². The number of rotatable bonds is 11. The van der Waals surface area contributed by atoms with Crippen LogP contribution in [0.15, 0.2) is 46.0 Å². The van der Waals surface area contributed by atoms with Crippen molar-refractivity contribution in [3.63, 3.8) is 0 Å². The van der Waals surface area contributed by atoms with Crippen LogP contribution in [0.1, 0.15) is 36.2 Å². The molecule has 0 aliphatic rings. The van der Waals surface area contributed by atoms with Crippen molar-refractivity contribution in [3.05, 3.63) is 52.0 Å². The molecule has 0 atom stereocenters. The molecule has 2 aromatic carbocycles. The highest BCUT2D eigenvalue weighted by atomic mass is 79.9. The number of carboxylic acid groups (broad SMARTS) is 1. The van der Waals surface area contributed by atoms with Crippen molar-refractivity contribution in [2.75, 3.05) is 19.8 Å². The number of aliphatic carboxylic acids is 1. The lowest BCUT2D eigenvalue weighted by atomic mass is 10.2. The highest BCUT2D eigenvalue weighted by Gasteiger charge is 2.11. The van der Waals surface area contributed by atoms with Crippen molar-refractivity contribution < 1.29 is 28.9 Å². The Kier molecular flexibility index (Phi) is 9.14. The Morgan fingerprint density at radius 1 is 1.07 bits per heavy atom. The molecule has 0 fully saturated rings. The number of ether oxygens (including phenoxy) is 3. The molecule has 0 unspecified atom stereocenters.